The van der Waals surface area contributed by atoms with Gasteiger partial charge in [0.05, 0.1) is 5.69 Å². The standard InChI is InChI=1S/C13H22N2O/c1-4-10(2)8-15(3)9-11-5-6-13(16)12(14)7-11/h5-7,10,16H,4,8-9,14H2,1-3H3. The number of nitrogen functional groups attached to an aromatic ring is 1. The quantitative estimate of drug-likeness (QED) is 0.594. The van der Waals surface area contributed by atoms with Crippen molar-refractivity contribution >= 4 is 5.69 Å². The van der Waals surface area contributed by atoms with Crippen LogP contribution in [-0.2, 0) is 6.54 Å². The Hall–Kier alpha value is -1.22. The van der Waals surface area contributed by atoms with Crippen molar-refractivity contribution in [3.05, 3.63) is 23.8 Å². The molecule has 0 aliphatic rings. The maximum atomic E-state index is 9.32. The second-order valence-corrected chi connectivity index (χ2v) is 4.60. The van der Waals surface area contributed by atoms with Crippen LogP contribution in [0.2, 0.25) is 0 Å². The van der Waals surface area contributed by atoms with Crippen LogP contribution in [0.5, 0.6) is 5.75 Å². The van der Waals surface area contributed by atoms with Crippen molar-refractivity contribution in [2.75, 3.05) is 19.3 Å². The van der Waals surface area contributed by atoms with E-state index in [0.29, 0.717) is 11.6 Å². The first-order valence-corrected chi connectivity index (χ1v) is 5.78. The van der Waals surface area contributed by atoms with Crippen LogP contribution >= 0.6 is 0 Å². The summed E-state index contributed by atoms with van der Waals surface area (Å²) < 4.78 is 0. The molecule has 1 rings (SSSR count). The van der Waals surface area contributed by atoms with Gasteiger partial charge in [-0.2, -0.15) is 0 Å². The molecular formula is C13H22N2O. The number of nitrogens with two attached hydrogens (primary N) is 1. The average molecular weight is 222 g/mol. The predicted molar refractivity (Wildman–Crippen MR) is 68.3 cm³/mol. The van der Waals surface area contributed by atoms with E-state index < -0.39 is 0 Å². The second kappa shape index (κ2) is 5.75. The van der Waals surface area contributed by atoms with Crippen LogP contribution in [0.3, 0.4) is 0 Å². The topological polar surface area (TPSA) is 49.5 Å². The van der Waals surface area contributed by atoms with Crippen LogP contribution < -0.4 is 5.73 Å². The number of anilines is 1. The summed E-state index contributed by atoms with van der Waals surface area (Å²) in [5.41, 5.74) is 7.25. The average Bonchev–Trinajstić information content (AvgIpc) is 2.23. The van der Waals surface area contributed by atoms with E-state index in [-0.39, 0.29) is 5.75 Å². The summed E-state index contributed by atoms with van der Waals surface area (Å²) in [7, 11) is 2.11. The molecule has 3 N–H and O–H groups in total. The smallest absolute Gasteiger partial charge is 0.138 e. The Labute approximate surface area is 97.9 Å². The highest BCUT2D eigenvalue weighted by atomic mass is 16.3. The van der Waals surface area contributed by atoms with Gasteiger partial charge in [-0.25, -0.2) is 0 Å². The molecular weight excluding hydrogens is 200 g/mol. The number of nitrogens with zero attached hydrogens (tertiary/aromatic N) is 1. The van der Waals surface area contributed by atoms with E-state index in [9.17, 15) is 5.11 Å². The molecule has 1 aromatic rings. The molecule has 16 heavy (non-hydrogen) atoms. The van der Waals surface area contributed by atoms with E-state index in [2.05, 4.69) is 25.8 Å². The van der Waals surface area contributed by atoms with Gasteiger partial charge in [-0.05, 0) is 30.7 Å². The Balaban J connectivity index is 2.56. The van der Waals surface area contributed by atoms with Crippen LogP contribution in [0.25, 0.3) is 0 Å². The van der Waals surface area contributed by atoms with E-state index in [1.807, 2.05) is 12.1 Å². The number of rotatable bonds is 5. The number of phenols is 1. The monoisotopic (exact) mass is 222 g/mol. The van der Waals surface area contributed by atoms with Crippen LogP contribution in [0.4, 0.5) is 5.69 Å². The molecule has 0 spiro atoms. The van der Waals surface area contributed by atoms with Gasteiger partial charge >= 0.3 is 0 Å². The third kappa shape index (κ3) is 3.74. The van der Waals surface area contributed by atoms with Gasteiger partial charge in [0.25, 0.3) is 0 Å². The largest absolute Gasteiger partial charge is 0.506 e. The molecule has 0 radical (unpaired) electrons. The van der Waals surface area contributed by atoms with E-state index in [4.69, 9.17) is 5.73 Å². The van der Waals surface area contributed by atoms with Crippen molar-refractivity contribution in [1.82, 2.24) is 4.90 Å². The highest BCUT2D eigenvalue weighted by Crippen LogP contribution is 2.21. The summed E-state index contributed by atoms with van der Waals surface area (Å²) in [6, 6.07) is 5.41. The normalized spacial score (nSPS) is 13.0. The molecule has 1 unspecified atom stereocenters. The summed E-state index contributed by atoms with van der Waals surface area (Å²) in [5, 5.41) is 9.32. The molecule has 0 amide bonds. The van der Waals surface area contributed by atoms with Crippen molar-refractivity contribution < 1.29 is 5.11 Å². The molecule has 1 atom stereocenters. The van der Waals surface area contributed by atoms with Gasteiger partial charge in [0, 0.05) is 13.1 Å². The molecule has 0 aliphatic heterocycles. The Morgan fingerprint density at radius 1 is 1.44 bits per heavy atom. The summed E-state index contributed by atoms with van der Waals surface area (Å²) in [6.07, 6.45) is 1.20. The zero-order valence-corrected chi connectivity index (χ0v) is 10.4. The van der Waals surface area contributed by atoms with Gasteiger partial charge in [0.2, 0.25) is 0 Å². The molecule has 3 nitrogen and oxygen atoms in total. The number of hydrogen-bond donors (Lipinski definition) is 2. The number of aromatic hydroxyl groups is 1. The number of benzene rings is 1. The first-order chi connectivity index (χ1) is 7.52. The fourth-order valence-corrected chi connectivity index (χ4v) is 1.74. The van der Waals surface area contributed by atoms with E-state index >= 15 is 0 Å². The van der Waals surface area contributed by atoms with Gasteiger partial charge in [-0.3, -0.25) is 0 Å². The van der Waals surface area contributed by atoms with Gasteiger partial charge in [0.15, 0.2) is 0 Å². The van der Waals surface area contributed by atoms with Gasteiger partial charge in [-0.15, -0.1) is 0 Å². The lowest BCUT2D eigenvalue weighted by molar-refractivity contribution is 0.275. The molecule has 3 heteroatoms. The third-order valence-corrected chi connectivity index (χ3v) is 2.86. The minimum atomic E-state index is 0.160. The van der Waals surface area contributed by atoms with Crippen LogP contribution in [-0.4, -0.2) is 23.6 Å². The maximum absolute atomic E-state index is 9.32. The van der Waals surface area contributed by atoms with E-state index in [0.717, 1.165) is 18.7 Å². The van der Waals surface area contributed by atoms with Gasteiger partial charge < -0.3 is 15.7 Å². The molecule has 0 saturated heterocycles. The first-order valence-electron chi connectivity index (χ1n) is 5.78. The van der Waals surface area contributed by atoms with Gasteiger partial charge in [0.1, 0.15) is 5.75 Å². The fourth-order valence-electron chi connectivity index (χ4n) is 1.74. The molecule has 0 heterocycles. The van der Waals surface area contributed by atoms with Crippen molar-refractivity contribution in [2.24, 2.45) is 5.92 Å². The molecule has 0 aromatic heterocycles. The van der Waals surface area contributed by atoms with E-state index in [1.54, 1.807) is 6.07 Å². The molecule has 0 saturated carbocycles. The maximum Gasteiger partial charge on any atom is 0.138 e. The highest BCUT2D eigenvalue weighted by Gasteiger charge is 2.06. The fraction of sp³-hybridized carbons (Fsp3) is 0.538. The molecule has 0 aliphatic carbocycles. The third-order valence-electron chi connectivity index (χ3n) is 2.86. The summed E-state index contributed by atoms with van der Waals surface area (Å²) in [6.45, 7) is 6.41. The predicted octanol–water partition coefficient (Wildman–Crippen LogP) is 2.45. The van der Waals surface area contributed by atoms with Gasteiger partial charge in [-0.1, -0.05) is 26.3 Å². The van der Waals surface area contributed by atoms with Crippen molar-refractivity contribution in [3.8, 4) is 5.75 Å². The van der Waals surface area contributed by atoms with Crippen molar-refractivity contribution in [1.29, 1.82) is 0 Å². The number of hydrogen-bond acceptors (Lipinski definition) is 3. The minimum Gasteiger partial charge on any atom is -0.506 e. The van der Waals surface area contributed by atoms with E-state index in [1.165, 1.54) is 6.42 Å². The summed E-state index contributed by atoms with van der Waals surface area (Å²) in [4.78, 5) is 2.28. The van der Waals surface area contributed by atoms with Crippen molar-refractivity contribution in [3.63, 3.8) is 0 Å². The van der Waals surface area contributed by atoms with Crippen LogP contribution in [0.1, 0.15) is 25.8 Å². The Kier molecular flexibility index (Phi) is 4.62. The lowest BCUT2D eigenvalue weighted by Crippen LogP contribution is -2.23. The Morgan fingerprint density at radius 2 is 2.12 bits per heavy atom. The zero-order valence-electron chi connectivity index (χ0n) is 10.4. The SMILES string of the molecule is CCC(C)CN(C)Cc1ccc(O)c(N)c1. The summed E-state index contributed by atoms with van der Waals surface area (Å²) >= 11 is 0. The molecule has 0 fully saturated rings. The Bertz CT molecular complexity index is 339. The highest BCUT2D eigenvalue weighted by molar-refractivity contribution is 5.53. The minimum absolute atomic E-state index is 0.160. The lowest BCUT2D eigenvalue weighted by Gasteiger charge is -2.20. The molecule has 1 aromatic carbocycles. The van der Waals surface area contributed by atoms with Crippen LogP contribution in [0, 0.1) is 5.92 Å². The summed E-state index contributed by atoms with van der Waals surface area (Å²) in [5.74, 6) is 0.868. The first kappa shape index (κ1) is 12.8. The Morgan fingerprint density at radius 3 is 2.69 bits per heavy atom. The van der Waals surface area contributed by atoms with Crippen molar-refractivity contribution in [2.45, 2.75) is 26.8 Å². The molecule has 90 valence electrons. The lowest BCUT2D eigenvalue weighted by atomic mass is 10.1. The number of phenolic OH excluding ortho intramolecular Hbond substituents is 1. The zero-order chi connectivity index (χ0) is 12.1. The molecule has 0 bridgehead atoms. The van der Waals surface area contributed by atoms with Crippen LogP contribution in [0.15, 0.2) is 18.2 Å². The second-order valence-electron chi connectivity index (χ2n) is 4.60.